The lowest BCUT2D eigenvalue weighted by molar-refractivity contribution is 0.319. The van der Waals surface area contributed by atoms with Gasteiger partial charge in [-0.3, -0.25) is 0 Å². The maximum absolute atomic E-state index is 6.00. The van der Waals surface area contributed by atoms with Gasteiger partial charge >= 0.3 is 0 Å². The number of thiazole rings is 1. The molecule has 0 saturated heterocycles. The molecular weight excluding hydrogens is 268 g/mol. The van der Waals surface area contributed by atoms with Crippen LogP contribution in [0, 0.1) is 0 Å². The number of anilines is 1. The molecule has 0 aliphatic heterocycles. The highest BCUT2D eigenvalue weighted by atomic mass is 35.5. The van der Waals surface area contributed by atoms with Crippen molar-refractivity contribution in [2.24, 2.45) is 0 Å². The van der Waals surface area contributed by atoms with Crippen LogP contribution in [0.3, 0.4) is 0 Å². The average Bonchev–Trinajstić information content (AvgIpc) is 2.88. The van der Waals surface area contributed by atoms with Crippen LogP contribution in [0.25, 0.3) is 0 Å². The lowest BCUT2D eigenvalue weighted by Crippen LogP contribution is -2.03. The molecule has 3 nitrogen and oxygen atoms in total. The molecule has 2 aromatic rings. The standard InChI is InChI=1S/C13H15ClN2OS/c1-2-6-17-12-4-3-10(14)8-11(12)16-9-13-15-5-7-18-13/h3-5,7-8,16H,2,6,9H2,1H3. The van der Waals surface area contributed by atoms with Crippen molar-refractivity contribution < 1.29 is 4.74 Å². The van der Waals surface area contributed by atoms with Gasteiger partial charge in [0.05, 0.1) is 18.8 Å². The molecule has 0 bridgehead atoms. The minimum atomic E-state index is 0.681. The maximum atomic E-state index is 6.00. The fraction of sp³-hybridized carbons (Fsp3) is 0.308. The van der Waals surface area contributed by atoms with Gasteiger partial charge in [0.15, 0.2) is 0 Å². The molecule has 0 unspecified atom stereocenters. The Morgan fingerprint density at radius 2 is 2.33 bits per heavy atom. The van der Waals surface area contributed by atoms with Gasteiger partial charge in [-0.2, -0.15) is 0 Å². The summed E-state index contributed by atoms with van der Waals surface area (Å²) in [6.45, 7) is 3.46. The lowest BCUT2D eigenvalue weighted by atomic mass is 10.3. The quantitative estimate of drug-likeness (QED) is 0.862. The first-order chi connectivity index (χ1) is 8.79. The Morgan fingerprint density at radius 1 is 1.44 bits per heavy atom. The highest BCUT2D eigenvalue weighted by molar-refractivity contribution is 7.09. The van der Waals surface area contributed by atoms with E-state index in [0.717, 1.165) is 22.9 Å². The molecule has 0 spiro atoms. The third-order valence-electron chi connectivity index (χ3n) is 2.32. The van der Waals surface area contributed by atoms with E-state index in [4.69, 9.17) is 16.3 Å². The van der Waals surface area contributed by atoms with Crippen molar-refractivity contribution in [3.8, 4) is 5.75 Å². The van der Waals surface area contributed by atoms with Gasteiger partial charge in [-0.1, -0.05) is 18.5 Å². The summed E-state index contributed by atoms with van der Waals surface area (Å²) < 4.78 is 5.67. The number of hydrogen-bond donors (Lipinski definition) is 1. The van der Waals surface area contributed by atoms with Crippen LogP contribution in [-0.4, -0.2) is 11.6 Å². The lowest BCUT2D eigenvalue weighted by Gasteiger charge is -2.12. The number of hydrogen-bond acceptors (Lipinski definition) is 4. The van der Waals surface area contributed by atoms with Gasteiger partial charge in [0.2, 0.25) is 0 Å². The first kappa shape index (κ1) is 13.2. The van der Waals surface area contributed by atoms with Crippen molar-refractivity contribution in [2.75, 3.05) is 11.9 Å². The Bertz CT molecular complexity index is 488. The Morgan fingerprint density at radius 3 is 3.06 bits per heavy atom. The number of halogens is 1. The van der Waals surface area contributed by atoms with Crippen molar-refractivity contribution in [1.29, 1.82) is 0 Å². The molecule has 18 heavy (non-hydrogen) atoms. The van der Waals surface area contributed by atoms with Crippen LogP contribution >= 0.6 is 22.9 Å². The molecule has 1 aromatic heterocycles. The van der Waals surface area contributed by atoms with Crippen LogP contribution in [0.1, 0.15) is 18.4 Å². The molecule has 1 heterocycles. The van der Waals surface area contributed by atoms with E-state index in [1.54, 1.807) is 17.5 Å². The number of rotatable bonds is 6. The van der Waals surface area contributed by atoms with Gasteiger partial charge in [0.25, 0.3) is 0 Å². The van der Waals surface area contributed by atoms with E-state index < -0.39 is 0 Å². The molecule has 0 radical (unpaired) electrons. The molecule has 0 aliphatic carbocycles. The molecule has 2 rings (SSSR count). The van der Waals surface area contributed by atoms with Gasteiger partial charge < -0.3 is 10.1 Å². The number of ether oxygens (including phenoxy) is 1. The summed E-state index contributed by atoms with van der Waals surface area (Å²) in [5.41, 5.74) is 0.908. The van der Waals surface area contributed by atoms with E-state index in [0.29, 0.717) is 18.2 Å². The minimum Gasteiger partial charge on any atom is -0.491 e. The molecule has 96 valence electrons. The highest BCUT2D eigenvalue weighted by Crippen LogP contribution is 2.28. The SMILES string of the molecule is CCCOc1ccc(Cl)cc1NCc1nccs1. The third kappa shape index (κ3) is 3.62. The van der Waals surface area contributed by atoms with Gasteiger partial charge in [-0.25, -0.2) is 4.98 Å². The third-order valence-corrected chi connectivity index (χ3v) is 3.33. The molecule has 0 fully saturated rings. The van der Waals surface area contributed by atoms with Crippen molar-refractivity contribution in [3.05, 3.63) is 39.8 Å². The molecule has 1 aromatic carbocycles. The van der Waals surface area contributed by atoms with Gasteiger partial charge in [-0.15, -0.1) is 11.3 Å². The zero-order chi connectivity index (χ0) is 12.8. The second kappa shape index (κ2) is 6.61. The predicted molar refractivity (Wildman–Crippen MR) is 76.7 cm³/mol. The van der Waals surface area contributed by atoms with Gasteiger partial charge in [-0.05, 0) is 24.6 Å². The average molecular weight is 283 g/mol. The highest BCUT2D eigenvalue weighted by Gasteiger charge is 2.05. The Balaban J connectivity index is 2.06. The largest absolute Gasteiger partial charge is 0.491 e. The van der Waals surface area contributed by atoms with E-state index in [1.165, 1.54) is 0 Å². The Kier molecular flexibility index (Phi) is 4.84. The van der Waals surface area contributed by atoms with Crippen LogP contribution in [0.2, 0.25) is 5.02 Å². The van der Waals surface area contributed by atoms with E-state index in [1.807, 2.05) is 23.6 Å². The molecule has 0 aliphatic rings. The summed E-state index contributed by atoms with van der Waals surface area (Å²) in [6.07, 6.45) is 2.78. The first-order valence-electron chi connectivity index (χ1n) is 5.84. The second-order valence-corrected chi connectivity index (χ2v) is 5.18. The molecule has 1 N–H and O–H groups in total. The number of nitrogens with zero attached hydrogens (tertiary/aromatic N) is 1. The smallest absolute Gasteiger partial charge is 0.142 e. The molecule has 0 amide bonds. The summed E-state index contributed by atoms with van der Waals surface area (Å²) in [5.74, 6) is 0.831. The van der Waals surface area contributed by atoms with E-state index in [2.05, 4.69) is 17.2 Å². The summed E-state index contributed by atoms with van der Waals surface area (Å²) in [6, 6.07) is 5.60. The van der Waals surface area contributed by atoms with E-state index in [-0.39, 0.29) is 0 Å². The summed E-state index contributed by atoms with van der Waals surface area (Å²) in [7, 11) is 0. The number of aromatic nitrogens is 1. The Hall–Kier alpha value is -1.26. The molecular formula is C13H15ClN2OS. The summed E-state index contributed by atoms with van der Waals surface area (Å²) >= 11 is 7.63. The summed E-state index contributed by atoms with van der Waals surface area (Å²) in [4.78, 5) is 4.23. The molecule has 0 atom stereocenters. The molecule has 0 saturated carbocycles. The summed E-state index contributed by atoms with van der Waals surface area (Å²) in [5, 5.41) is 7.00. The van der Waals surface area contributed by atoms with Crippen molar-refractivity contribution in [1.82, 2.24) is 4.98 Å². The predicted octanol–water partition coefficient (Wildman–Crippen LogP) is 4.20. The van der Waals surface area contributed by atoms with Crippen LogP contribution < -0.4 is 10.1 Å². The normalized spacial score (nSPS) is 10.3. The first-order valence-corrected chi connectivity index (χ1v) is 7.10. The van der Waals surface area contributed by atoms with E-state index >= 15 is 0 Å². The van der Waals surface area contributed by atoms with Crippen molar-refractivity contribution in [2.45, 2.75) is 19.9 Å². The molecule has 5 heteroatoms. The zero-order valence-electron chi connectivity index (χ0n) is 10.1. The minimum absolute atomic E-state index is 0.681. The van der Waals surface area contributed by atoms with Crippen LogP contribution in [0.5, 0.6) is 5.75 Å². The fourth-order valence-electron chi connectivity index (χ4n) is 1.49. The number of nitrogens with one attached hydrogen (secondary N) is 1. The van der Waals surface area contributed by atoms with Crippen molar-refractivity contribution >= 4 is 28.6 Å². The van der Waals surface area contributed by atoms with Gasteiger partial charge in [0, 0.05) is 16.6 Å². The topological polar surface area (TPSA) is 34.1 Å². The van der Waals surface area contributed by atoms with E-state index in [9.17, 15) is 0 Å². The van der Waals surface area contributed by atoms with Crippen molar-refractivity contribution in [3.63, 3.8) is 0 Å². The Labute approximate surface area is 116 Å². The maximum Gasteiger partial charge on any atom is 0.142 e. The van der Waals surface area contributed by atoms with Crippen LogP contribution in [0.15, 0.2) is 29.8 Å². The van der Waals surface area contributed by atoms with Crippen LogP contribution in [0.4, 0.5) is 5.69 Å². The van der Waals surface area contributed by atoms with Gasteiger partial charge in [0.1, 0.15) is 10.8 Å². The zero-order valence-corrected chi connectivity index (χ0v) is 11.7. The monoisotopic (exact) mass is 282 g/mol. The second-order valence-electron chi connectivity index (χ2n) is 3.77. The van der Waals surface area contributed by atoms with Crippen LogP contribution in [-0.2, 0) is 6.54 Å². The fourth-order valence-corrected chi connectivity index (χ4v) is 2.22. The number of benzene rings is 1.